The molecule has 0 aliphatic rings. The average molecular weight is 267 g/mol. The Hall–Kier alpha value is -1.26. The van der Waals surface area contributed by atoms with E-state index in [1.165, 1.54) is 22.6 Å². The third-order valence-corrected chi connectivity index (χ3v) is 3.98. The van der Waals surface area contributed by atoms with Gasteiger partial charge in [0.15, 0.2) is 0 Å². The van der Waals surface area contributed by atoms with E-state index < -0.39 is 5.82 Å². The van der Waals surface area contributed by atoms with Crippen LogP contribution < -0.4 is 5.32 Å². The first-order valence-corrected chi connectivity index (χ1v) is 6.67. The van der Waals surface area contributed by atoms with Gasteiger partial charge in [0, 0.05) is 23.0 Å². The molecule has 1 aromatic heterocycles. The van der Waals surface area contributed by atoms with Crippen LogP contribution in [0.5, 0.6) is 0 Å². The molecule has 0 radical (unpaired) electrons. The monoisotopic (exact) mass is 267 g/mol. The number of hydrogen-bond donors (Lipinski definition) is 1. The second kappa shape index (κ2) is 5.59. The van der Waals surface area contributed by atoms with E-state index in [0.717, 1.165) is 6.07 Å². The zero-order chi connectivity index (χ0) is 13.1. The average Bonchev–Trinajstić information content (AvgIpc) is 2.75. The summed E-state index contributed by atoms with van der Waals surface area (Å²) in [6.07, 6.45) is 0. The molecule has 1 N–H and O–H groups in total. The maximum atomic E-state index is 13.6. The summed E-state index contributed by atoms with van der Waals surface area (Å²) in [7, 11) is 0. The number of halogens is 2. The van der Waals surface area contributed by atoms with Gasteiger partial charge in [0.2, 0.25) is 0 Å². The highest BCUT2D eigenvalue weighted by molar-refractivity contribution is 7.10. The smallest absolute Gasteiger partial charge is 0.128 e. The van der Waals surface area contributed by atoms with Gasteiger partial charge in [-0.05, 0) is 49.1 Å². The molecule has 1 atom stereocenters. The zero-order valence-corrected chi connectivity index (χ0v) is 11.2. The van der Waals surface area contributed by atoms with Crippen LogP contribution in [0.3, 0.4) is 0 Å². The van der Waals surface area contributed by atoms with Gasteiger partial charge >= 0.3 is 0 Å². The van der Waals surface area contributed by atoms with Crippen LogP contribution in [0.2, 0.25) is 0 Å². The lowest BCUT2D eigenvalue weighted by molar-refractivity contribution is 0.520. The Morgan fingerprint density at radius 1 is 1.28 bits per heavy atom. The number of nitrogens with one attached hydrogen (secondary N) is 1. The fraction of sp³-hybridized carbons (Fsp3) is 0.286. The lowest BCUT2D eigenvalue weighted by Crippen LogP contribution is -2.19. The first kappa shape index (κ1) is 13.2. The minimum absolute atomic E-state index is 0.220. The van der Waals surface area contributed by atoms with Crippen LogP contribution in [-0.2, 0) is 6.54 Å². The van der Waals surface area contributed by atoms with Gasteiger partial charge in [-0.3, -0.25) is 0 Å². The molecule has 0 amide bonds. The fourth-order valence-electron chi connectivity index (χ4n) is 1.79. The summed E-state index contributed by atoms with van der Waals surface area (Å²) in [5.74, 6) is -0.786. The van der Waals surface area contributed by atoms with E-state index in [1.54, 1.807) is 11.3 Å². The van der Waals surface area contributed by atoms with Crippen molar-refractivity contribution in [2.24, 2.45) is 0 Å². The number of thiophene rings is 1. The molecule has 0 fully saturated rings. The van der Waals surface area contributed by atoms with Gasteiger partial charge in [-0.25, -0.2) is 8.78 Å². The standard InChI is InChI=1S/C14H15F2NS/c1-9-5-6-18-14(9)8-17-10(2)12-7-11(15)3-4-13(12)16/h3-7,10,17H,8H2,1-2H3. The predicted molar refractivity (Wildman–Crippen MR) is 70.7 cm³/mol. The summed E-state index contributed by atoms with van der Waals surface area (Å²) in [4.78, 5) is 1.22. The van der Waals surface area contributed by atoms with E-state index in [2.05, 4.69) is 11.4 Å². The van der Waals surface area contributed by atoms with Crippen molar-refractivity contribution < 1.29 is 8.78 Å². The molecule has 4 heteroatoms. The summed E-state index contributed by atoms with van der Waals surface area (Å²) in [6, 6.07) is 5.37. The maximum Gasteiger partial charge on any atom is 0.128 e. The number of hydrogen-bond acceptors (Lipinski definition) is 2. The van der Waals surface area contributed by atoms with Gasteiger partial charge in [0.1, 0.15) is 11.6 Å². The van der Waals surface area contributed by atoms with Crippen LogP contribution in [0, 0.1) is 18.6 Å². The van der Waals surface area contributed by atoms with Crippen molar-refractivity contribution >= 4 is 11.3 Å². The van der Waals surface area contributed by atoms with Gasteiger partial charge in [0.25, 0.3) is 0 Å². The highest BCUT2D eigenvalue weighted by Crippen LogP contribution is 2.20. The van der Waals surface area contributed by atoms with E-state index >= 15 is 0 Å². The van der Waals surface area contributed by atoms with E-state index in [0.29, 0.717) is 12.1 Å². The molecular formula is C14H15F2NS. The number of rotatable bonds is 4. The number of benzene rings is 1. The first-order valence-electron chi connectivity index (χ1n) is 5.79. The predicted octanol–water partition coefficient (Wildman–Crippen LogP) is 4.19. The van der Waals surface area contributed by atoms with Crippen molar-refractivity contribution in [2.75, 3.05) is 0 Å². The quantitative estimate of drug-likeness (QED) is 0.876. The molecule has 0 bridgehead atoms. The Labute approximate surface area is 109 Å². The fourth-order valence-corrected chi connectivity index (χ4v) is 2.64. The third kappa shape index (κ3) is 2.94. The molecule has 0 aliphatic carbocycles. The molecule has 1 unspecified atom stereocenters. The Balaban J connectivity index is 2.06. The molecule has 2 aromatic rings. The third-order valence-electron chi connectivity index (χ3n) is 2.96. The molecule has 18 heavy (non-hydrogen) atoms. The topological polar surface area (TPSA) is 12.0 Å². The molecule has 1 heterocycles. The van der Waals surface area contributed by atoms with Crippen molar-refractivity contribution in [1.82, 2.24) is 5.32 Å². The van der Waals surface area contributed by atoms with Crippen LogP contribution in [0.15, 0.2) is 29.6 Å². The number of aryl methyl sites for hydroxylation is 1. The van der Waals surface area contributed by atoms with Crippen molar-refractivity contribution in [3.05, 3.63) is 57.3 Å². The maximum absolute atomic E-state index is 13.6. The van der Waals surface area contributed by atoms with Crippen molar-refractivity contribution in [2.45, 2.75) is 26.4 Å². The Kier molecular flexibility index (Phi) is 4.09. The van der Waals surface area contributed by atoms with Gasteiger partial charge in [-0.15, -0.1) is 11.3 Å². The SMILES string of the molecule is Cc1ccsc1CNC(C)c1cc(F)ccc1F. The van der Waals surface area contributed by atoms with Crippen molar-refractivity contribution in [1.29, 1.82) is 0 Å². The van der Waals surface area contributed by atoms with Crippen molar-refractivity contribution in [3.63, 3.8) is 0 Å². The minimum atomic E-state index is -0.410. The summed E-state index contributed by atoms with van der Waals surface area (Å²) < 4.78 is 26.7. The molecular weight excluding hydrogens is 252 g/mol. The van der Waals surface area contributed by atoms with Crippen LogP contribution in [-0.4, -0.2) is 0 Å². The summed E-state index contributed by atoms with van der Waals surface area (Å²) in [5, 5.41) is 5.24. The first-order chi connectivity index (χ1) is 8.58. The van der Waals surface area contributed by atoms with Gasteiger partial charge in [-0.1, -0.05) is 0 Å². The molecule has 1 aromatic carbocycles. The molecule has 96 valence electrons. The van der Waals surface area contributed by atoms with E-state index in [1.807, 2.05) is 19.2 Å². The molecule has 0 spiro atoms. The highest BCUT2D eigenvalue weighted by Gasteiger charge is 2.12. The molecule has 0 saturated carbocycles. The van der Waals surface area contributed by atoms with Crippen molar-refractivity contribution in [3.8, 4) is 0 Å². The van der Waals surface area contributed by atoms with Gasteiger partial charge in [-0.2, -0.15) is 0 Å². The Bertz CT molecular complexity index is 536. The lowest BCUT2D eigenvalue weighted by atomic mass is 10.1. The van der Waals surface area contributed by atoms with Crippen LogP contribution in [0.4, 0.5) is 8.78 Å². The highest BCUT2D eigenvalue weighted by atomic mass is 32.1. The molecule has 1 nitrogen and oxygen atoms in total. The molecule has 0 saturated heterocycles. The van der Waals surface area contributed by atoms with E-state index in [9.17, 15) is 8.78 Å². The summed E-state index contributed by atoms with van der Waals surface area (Å²) in [6.45, 7) is 4.54. The second-order valence-corrected chi connectivity index (χ2v) is 5.30. The summed E-state index contributed by atoms with van der Waals surface area (Å²) >= 11 is 1.66. The summed E-state index contributed by atoms with van der Waals surface area (Å²) in [5.41, 5.74) is 1.59. The largest absolute Gasteiger partial charge is 0.305 e. The van der Waals surface area contributed by atoms with Gasteiger partial charge < -0.3 is 5.32 Å². The van der Waals surface area contributed by atoms with Crippen LogP contribution in [0.1, 0.15) is 29.0 Å². The molecule has 2 rings (SSSR count). The van der Waals surface area contributed by atoms with E-state index in [4.69, 9.17) is 0 Å². The second-order valence-electron chi connectivity index (χ2n) is 4.30. The normalized spacial score (nSPS) is 12.7. The zero-order valence-electron chi connectivity index (χ0n) is 10.3. The van der Waals surface area contributed by atoms with Crippen LogP contribution in [0.25, 0.3) is 0 Å². The minimum Gasteiger partial charge on any atom is -0.305 e. The van der Waals surface area contributed by atoms with E-state index in [-0.39, 0.29) is 11.9 Å². The Morgan fingerprint density at radius 2 is 2.06 bits per heavy atom. The lowest BCUT2D eigenvalue weighted by Gasteiger charge is -2.15. The Morgan fingerprint density at radius 3 is 2.72 bits per heavy atom. The molecule has 0 aliphatic heterocycles. The van der Waals surface area contributed by atoms with Gasteiger partial charge in [0.05, 0.1) is 0 Å². The van der Waals surface area contributed by atoms with Crippen LogP contribution >= 0.6 is 11.3 Å².